The highest BCUT2D eigenvalue weighted by Crippen LogP contribution is 2.58. The highest BCUT2D eigenvalue weighted by atomic mass is 19.3. The molecule has 1 amide bonds. The van der Waals surface area contributed by atoms with Crippen LogP contribution in [0, 0.1) is 19.3 Å². The van der Waals surface area contributed by atoms with E-state index < -0.39 is 11.3 Å². The van der Waals surface area contributed by atoms with E-state index in [0.717, 1.165) is 11.1 Å². The number of amides is 1. The van der Waals surface area contributed by atoms with E-state index in [1.54, 1.807) is 0 Å². The number of nitrogens with zero attached hydrogens (tertiary/aromatic N) is 1. The minimum atomic E-state index is -2.60. The van der Waals surface area contributed by atoms with Crippen LogP contribution in [0.15, 0.2) is 18.2 Å². The summed E-state index contributed by atoms with van der Waals surface area (Å²) in [6, 6.07) is 5.76. The maximum atomic E-state index is 13.5. The minimum absolute atomic E-state index is 0.0477. The molecule has 2 fully saturated rings. The van der Waals surface area contributed by atoms with Gasteiger partial charge < -0.3 is 9.64 Å². The summed E-state index contributed by atoms with van der Waals surface area (Å²) in [5.74, 6) is -2.11. The van der Waals surface area contributed by atoms with Gasteiger partial charge in [0.1, 0.15) is 5.75 Å². The van der Waals surface area contributed by atoms with Crippen LogP contribution in [0.2, 0.25) is 0 Å². The number of carbonyl (C=O) groups excluding carboxylic acids is 1. The van der Waals surface area contributed by atoms with E-state index in [4.69, 9.17) is 4.74 Å². The number of para-hydroxylation sites is 1. The Labute approximate surface area is 122 Å². The quantitative estimate of drug-likeness (QED) is 0.858. The fourth-order valence-corrected chi connectivity index (χ4v) is 3.17. The first-order chi connectivity index (χ1) is 9.85. The third-order valence-corrected chi connectivity index (χ3v) is 4.78. The maximum Gasteiger partial charge on any atom is 0.260 e. The number of halogens is 2. The number of likely N-dealkylation sites (tertiary alicyclic amines) is 1. The largest absolute Gasteiger partial charge is 0.483 e. The Morgan fingerprint density at radius 1 is 1.24 bits per heavy atom. The van der Waals surface area contributed by atoms with Gasteiger partial charge in [-0.1, -0.05) is 18.2 Å². The summed E-state index contributed by atoms with van der Waals surface area (Å²) < 4.78 is 32.5. The third-order valence-electron chi connectivity index (χ3n) is 4.78. The summed E-state index contributed by atoms with van der Waals surface area (Å²) in [6.45, 7) is 4.07. The Morgan fingerprint density at radius 3 is 2.33 bits per heavy atom. The van der Waals surface area contributed by atoms with Crippen LogP contribution in [0.5, 0.6) is 5.75 Å². The lowest BCUT2D eigenvalue weighted by atomic mass is 9.60. The normalized spacial score (nSPS) is 21.6. The smallest absolute Gasteiger partial charge is 0.260 e. The first-order valence-corrected chi connectivity index (χ1v) is 7.19. The van der Waals surface area contributed by atoms with Crippen molar-refractivity contribution in [2.45, 2.75) is 32.6 Å². The molecule has 1 spiro atoms. The average molecular weight is 295 g/mol. The molecule has 1 aromatic carbocycles. The van der Waals surface area contributed by atoms with Crippen LogP contribution in [0.4, 0.5) is 8.78 Å². The summed E-state index contributed by atoms with van der Waals surface area (Å²) >= 11 is 0. The topological polar surface area (TPSA) is 29.5 Å². The van der Waals surface area contributed by atoms with Gasteiger partial charge in [0.15, 0.2) is 6.61 Å². The number of alkyl halides is 2. The number of hydrogen-bond donors (Lipinski definition) is 0. The lowest BCUT2D eigenvalue weighted by Crippen LogP contribution is -2.71. The van der Waals surface area contributed by atoms with Crippen molar-refractivity contribution in [2.24, 2.45) is 5.41 Å². The molecule has 21 heavy (non-hydrogen) atoms. The van der Waals surface area contributed by atoms with Crippen molar-refractivity contribution in [3.63, 3.8) is 0 Å². The van der Waals surface area contributed by atoms with Gasteiger partial charge in [-0.3, -0.25) is 4.79 Å². The van der Waals surface area contributed by atoms with Crippen molar-refractivity contribution >= 4 is 5.91 Å². The summed E-state index contributed by atoms with van der Waals surface area (Å²) in [4.78, 5) is 13.5. The Bertz CT molecular complexity index is 559. The lowest BCUT2D eigenvalue weighted by Gasteiger charge is -2.59. The van der Waals surface area contributed by atoms with Crippen LogP contribution in [0.25, 0.3) is 0 Å². The fourth-order valence-electron chi connectivity index (χ4n) is 3.17. The van der Waals surface area contributed by atoms with Gasteiger partial charge in [0.05, 0.1) is 5.41 Å². The number of hydrogen-bond acceptors (Lipinski definition) is 2. The second kappa shape index (κ2) is 4.68. The van der Waals surface area contributed by atoms with Crippen molar-refractivity contribution < 1.29 is 18.3 Å². The molecule has 3 rings (SSSR count). The molecule has 0 unspecified atom stereocenters. The van der Waals surface area contributed by atoms with Crippen LogP contribution in [-0.4, -0.2) is 36.4 Å². The zero-order valence-electron chi connectivity index (χ0n) is 12.3. The zero-order valence-corrected chi connectivity index (χ0v) is 12.3. The van der Waals surface area contributed by atoms with Crippen LogP contribution in [0.3, 0.4) is 0 Å². The van der Waals surface area contributed by atoms with E-state index in [9.17, 15) is 13.6 Å². The van der Waals surface area contributed by atoms with Gasteiger partial charge in [-0.2, -0.15) is 0 Å². The highest BCUT2D eigenvalue weighted by Gasteiger charge is 2.67. The van der Waals surface area contributed by atoms with Crippen LogP contribution in [-0.2, 0) is 4.79 Å². The van der Waals surface area contributed by atoms with Crippen molar-refractivity contribution in [1.29, 1.82) is 0 Å². The molecule has 0 bridgehead atoms. The predicted molar refractivity (Wildman–Crippen MR) is 74.6 cm³/mol. The summed E-state index contributed by atoms with van der Waals surface area (Å²) in [5, 5.41) is 0. The molecular formula is C16H19F2NO2. The molecule has 1 saturated carbocycles. The highest BCUT2D eigenvalue weighted by molar-refractivity contribution is 5.79. The first kappa shape index (κ1) is 14.3. The first-order valence-electron chi connectivity index (χ1n) is 7.19. The van der Waals surface area contributed by atoms with Crippen molar-refractivity contribution in [2.75, 3.05) is 19.7 Å². The lowest BCUT2D eigenvalue weighted by molar-refractivity contribution is -0.255. The molecule has 114 valence electrons. The van der Waals surface area contributed by atoms with Gasteiger partial charge >= 0.3 is 0 Å². The fraction of sp³-hybridized carbons (Fsp3) is 0.562. The van der Waals surface area contributed by atoms with Gasteiger partial charge in [0, 0.05) is 19.5 Å². The Balaban J connectivity index is 1.55. The average Bonchev–Trinajstić information content (AvgIpc) is 2.35. The van der Waals surface area contributed by atoms with E-state index in [-0.39, 0.29) is 32.0 Å². The number of aryl methyl sites for hydroxylation is 2. The van der Waals surface area contributed by atoms with Crippen molar-refractivity contribution in [3.05, 3.63) is 29.3 Å². The molecule has 1 saturated heterocycles. The molecule has 1 aliphatic carbocycles. The Kier molecular flexibility index (Phi) is 3.19. The van der Waals surface area contributed by atoms with E-state index in [1.807, 2.05) is 32.0 Å². The summed E-state index contributed by atoms with van der Waals surface area (Å²) in [7, 11) is 0. The second-order valence-electron chi connectivity index (χ2n) is 6.24. The van der Waals surface area contributed by atoms with E-state index in [0.29, 0.717) is 12.2 Å². The molecule has 1 heterocycles. The molecule has 2 aliphatic rings. The van der Waals surface area contributed by atoms with Gasteiger partial charge in [-0.25, -0.2) is 8.78 Å². The molecule has 0 aromatic heterocycles. The van der Waals surface area contributed by atoms with Crippen molar-refractivity contribution in [1.82, 2.24) is 4.90 Å². The van der Waals surface area contributed by atoms with Crippen LogP contribution < -0.4 is 4.74 Å². The number of rotatable bonds is 3. The van der Waals surface area contributed by atoms with Gasteiger partial charge in [0.2, 0.25) is 0 Å². The zero-order chi connectivity index (χ0) is 15.3. The van der Waals surface area contributed by atoms with E-state index in [2.05, 4.69) is 0 Å². The summed E-state index contributed by atoms with van der Waals surface area (Å²) in [5.41, 5.74) is 0.989. The second-order valence-corrected chi connectivity index (χ2v) is 6.24. The maximum absolute atomic E-state index is 13.5. The molecule has 0 atom stereocenters. The van der Waals surface area contributed by atoms with Gasteiger partial charge in [0.25, 0.3) is 11.8 Å². The number of ether oxygens (including phenoxy) is 1. The summed E-state index contributed by atoms with van der Waals surface area (Å²) in [6.07, 6.45) is 0.468. The number of benzene rings is 1. The van der Waals surface area contributed by atoms with Crippen LogP contribution >= 0.6 is 0 Å². The molecule has 0 radical (unpaired) electrons. The molecule has 0 N–H and O–H groups in total. The third kappa shape index (κ3) is 2.19. The Hall–Kier alpha value is -1.65. The molecular weight excluding hydrogens is 276 g/mol. The molecule has 1 aliphatic heterocycles. The monoisotopic (exact) mass is 295 g/mol. The number of carbonyl (C=O) groups is 1. The van der Waals surface area contributed by atoms with Crippen LogP contribution in [0.1, 0.15) is 24.0 Å². The molecule has 1 aromatic rings. The Morgan fingerprint density at radius 2 is 1.86 bits per heavy atom. The van der Waals surface area contributed by atoms with E-state index >= 15 is 0 Å². The van der Waals surface area contributed by atoms with Crippen molar-refractivity contribution in [3.8, 4) is 5.75 Å². The standard InChI is InChI=1S/C16H19F2NO2/c1-11-4-3-5-12(2)14(11)21-8-13(20)19-9-15(10-19)6-7-16(15,17)18/h3-5H,6-10H2,1-2H3. The molecule has 5 heteroatoms. The minimum Gasteiger partial charge on any atom is -0.483 e. The molecule has 3 nitrogen and oxygen atoms in total. The van der Waals surface area contributed by atoms with E-state index in [1.165, 1.54) is 4.90 Å². The van der Waals surface area contributed by atoms with Gasteiger partial charge in [-0.15, -0.1) is 0 Å². The SMILES string of the molecule is Cc1cccc(C)c1OCC(=O)N1CC2(CCC2(F)F)C1. The predicted octanol–water partition coefficient (Wildman–Crippen LogP) is 2.94. The van der Waals surface area contributed by atoms with Gasteiger partial charge in [-0.05, 0) is 31.4 Å².